The summed E-state index contributed by atoms with van der Waals surface area (Å²) in [5, 5.41) is 11.0. The van der Waals surface area contributed by atoms with Gasteiger partial charge in [0.15, 0.2) is 5.96 Å². The van der Waals surface area contributed by atoms with Crippen LogP contribution in [0.2, 0.25) is 0 Å². The van der Waals surface area contributed by atoms with Gasteiger partial charge >= 0.3 is 0 Å². The first-order chi connectivity index (χ1) is 10.2. The third kappa shape index (κ3) is 7.16. The van der Waals surface area contributed by atoms with E-state index in [4.69, 9.17) is 0 Å². The molecule has 0 saturated heterocycles. The molecule has 120 valence electrons. The number of guanidine groups is 1. The van der Waals surface area contributed by atoms with Crippen LogP contribution in [0.5, 0.6) is 0 Å². The third-order valence-electron chi connectivity index (χ3n) is 3.72. The molecular formula is C16H31N5. The molecule has 1 heterocycles. The van der Waals surface area contributed by atoms with Crippen LogP contribution in [0, 0.1) is 12.8 Å². The molecule has 0 bridgehead atoms. The maximum atomic E-state index is 4.28. The quantitative estimate of drug-likeness (QED) is 0.543. The standard InChI is InChI=1S/C16H31N5/c1-5-7-8-15(6-2)12-19-16(17-4)18-9-10-21-13-14(3)11-20-21/h11,13,15H,5-10,12H2,1-4H3,(H2,17,18,19). The van der Waals surface area contributed by atoms with Crippen molar-refractivity contribution in [2.75, 3.05) is 20.1 Å². The molecule has 0 amide bonds. The van der Waals surface area contributed by atoms with Crippen LogP contribution in [0.3, 0.4) is 0 Å². The van der Waals surface area contributed by atoms with Crippen LogP contribution in [0.15, 0.2) is 17.4 Å². The van der Waals surface area contributed by atoms with Crippen molar-refractivity contribution in [1.82, 2.24) is 20.4 Å². The molecule has 0 aliphatic carbocycles. The SMILES string of the molecule is CCCCC(CC)CNC(=NC)NCCn1cc(C)cn1. The molecule has 5 heteroatoms. The molecule has 0 aliphatic heterocycles. The summed E-state index contributed by atoms with van der Waals surface area (Å²) in [5.74, 6) is 1.62. The van der Waals surface area contributed by atoms with Gasteiger partial charge in [-0.25, -0.2) is 0 Å². The minimum Gasteiger partial charge on any atom is -0.356 e. The van der Waals surface area contributed by atoms with Gasteiger partial charge < -0.3 is 10.6 Å². The molecule has 0 radical (unpaired) electrons. The van der Waals surface area contributed by atoms with Gasteiger partial charge in [0.05, 0.1) is 12.7 Å². The molecule has 0 saturated carbocycles. The van der Waals surface area contributed by atoms with Crippen molar-refractivity contribution in [3.8, 4) is 0 Å². The van der Waals surface area contributed by atoms with Crippen molar-refractivity contribution < 1.29 is 0 Å². The Hall–Kier alpha value is -1.52. The monoisotopic (exact) mass is 293 g/mol. The highest BCUT2D eigenvalue weighted by Gasteiger charge is 2.06. The maximum absolute atomic E-state index is 4.28. The van der Waals surface area contributed by atoms with E-state index in [0.717, 1.165) is 31.5 Å². The fraction of sp³-hybridized carbons (Fsp3) is 0.750. The summed E-state index contributed by atoms with van der Waals surface area (Å²) in [6.07, 6.45) is 9.03. The highest BCUT2D eigenvalue weighted by molar-refractivity contribution is 5.79. The Kier molecular flexibility index (Phi) is 8.55. The van der Waals surface area contributed by atoms with Crippen LogP contribution in [-0.2, 0) is 6.54 Å². The molecule has 5 nitrogen and oxygen atoms in total. The fourth-order valence-electron chi connectivity index (χ4n) is 2.28. The van der Waals surface area contributed by atoms with Crippen molar-refractivity contribution in [1.29, 1.82) is 0 Å². The van der Waals surface area contributed by atoms with Crippen molar-refractivity contribution in [3.05, 3.63) is 18.0 Å². The summed E-state index contributed by atoms with van der Waals surface area (Å²) in [7, 11) is 1.82. The van der Waals surface area contributed by atoms with Crippen LogP contribution in [0.1, 0.15) is 45.1 Å². The van der Waals surface area contributed by atoms with E-state index >= 15 is 0 Å². The number of unbranched alkanes of at least 4 members (excludes halogenated alkanes) is 1. The first kappa shape index (κ1) is 17.5. The second kappa shape index (κ2) is 10.2. The van der Waals surface area contributed by atoms with Gasteiger partial charge in [0.25, 0.3) is 0 Å². The average Bonchev–Trinajstić information content (AvgIpc) is 2.91. The van der Waals surface area contributed by atoms with Gasteiger partial charge in [-0.2, -0.15) is 5.10 Å². The molecule has 1 rings (SSSR count). The largest absolute Gasteiger partial charge is 0.356 e. The number of aromatic nitrogens is 2. The molecule has 1 aromatic heterocycles. The minimum atomic E-state index is 0.734. The van der Waals surface area contributed by atoms with Gasteiger partial charge in [0, 0.05) is 26.3 Å². The zero-order valence-electron chi connectivity index (χ0n) is 14.0. The lowest BCUT2D eigenvalue weighted by Gasteiger charge is -2.18. The van der Waals surface area contributed by atoms with Crippen LogP contribution in [0.4, 0.5) is 0 Å². The maximum Gasteiger partial charge on any atom is 0.191 e. The van der Waals surface area contributed by atoms with E-state index in [1.54, 1.807) is 0 Å². The lowest BCUT2D eigenvalue weighted by Crippen LogP contribution is -2.41. The number of hydrogen-bond donors (Lipinski definition) is 2. The number of aryl methyl sites for hydroxylation is 1. The van der Waals surface area contributed by atoms with Gasteiger partial charge in [-0.15, -0.1) is 0 Å². The minimum absolute atomic E-state index is 0.734. The molecule has 1 unspecified atom stereocenters. The van der Waals surface area contributed by atoms with Gasteiger partial charge in [-0.3, -0.25) is 9.67 Å². The van der Waals surface area contributed by atoms with E-state index < -0.39 is 0 Å². The molecule has 0 aromatic carbocycles. The van der Waals surface area contributed by atoms with Crippen molar-refractivity contribution >= 4 is 5.96 Å². The van der Waals surface area contributed by atoms with Crippen molar-refractivity contribution in [2.24, 2.45) is 10.9 Å². The Balaban J connectivity index is 2.25. The van der Waals surface area contributed by atoms with Crippen LogP contribution in [0.25, 0.3) is 0 Å². The van der Waals surface area contributed by atoms with Gasteiger partial charge in [0.2, 0.25) is 0 Å². The van der Waals surface area contributed by atoms with E-state index in [1.165, 1.54) is 31.2 Å². The fourth-order valence-corrected chi connectivity index (χ4v) is 2.28. The summed E-state index contributed by atoms with van der Waals surface area (Å²) in [4.78, 5) is 4.28. The molecule has 0 fully saturated rings. The second-order valence-corrected chi connectivity index (χ2v) is 5.58. The highest BCUT2D eigenvalue weighted by Crippen LogP contribution is 2.10. The Morgan fingerprint density at radius 1 is 1.38 bits per heavy atom. The number of rotatable bonds is 9. The van der Waals surface area contributed by atoms with Crippen LogP contribution < -0.4 is 10.6 Å². The van der Waals surface area contributed by atoms with E-state index in [9.17, 15) is 0 Å². The average molecular weight is 293 g/mol. The predicted molar refractivity (Wildman–Crippen MR) is 89.6 cm³/mol. The smallest absolute Gasteiger partial charge is 0.191 e. The third-order valence-corrected chi connectivity index (χ3v) is 3.72. The zero-order chi connectivity index (χ0) is 15.5. The van der Waals surface area contributed by atoms with Gasteiger partial charge in [-0.1, -0.05) is 33.1 Å². The molecule has 0 aliphatic rings. The number of nitrogens with one attached hydrogen (secondary N) is 2. The summed E-state index contributed by atoms with van der Waals surface area (Å²) in [5.41, 5.74) is 1.19. The molecule has 2 N–H and O–H groups in total. The molecular weight excluding hydrogens is 262 g/mol. The summed E-state index contributed by atoms with van der Waals surface area (Å²) in [6.45, 7) is 9.24. The van der Waals surface area contributed by atoms with Crippen LogP contribution >= 0.6 is 0 Å². The van der Waals surface area contributed by atoms with Gasteiger partial charge in [0.1, 0.15) is 0 Å². The Morgan fingerprint density at radius 2 is 2.19 bits per heavy atom. The number of aliphatic imine (C=N–C) groups is 1. The highest BCUT2D eigenvalue weighted by atomic mass is 15.3. The Labute approximate surface area is 129 Å². The van der Waals surface area contributed by atoms with E-state index in [-0.39, 0.29) is 0 Å². The van der Waals surface area contributed by atoms with E-state index in [0.29, 0.717) is 0 Å². The molecule has 1 atom stereocenters. The lowest BCUT2D eigenvalue weighted by atomic mass is 9.99. The predicted octanol–water partition coefficient (Wildman–Crippen LogP) is 2.57. The summed E-state index contributed by atoms with van der Waals surface area (Å²) in [6, 6.07) is 0. The second-order valence-electron chi connectivity index (χ2n) is 5.58. The van der Waals surface area contributed by atoms with E-state index in [2.05, 4.69) is 47.7 Å². The van der Waals surface area contributed by atoms with E-state index in [1.807, 2.05) is 17.9 Å². The normalized spacial score (nSPS) is 13.2. The zero-order valence-corrected chi connectivity index (χ0v) is 14.0. The first-order valence-electron chi connectivity index (χ1n) is 8.13. The Bertz CT molecular complexity index is 411. The van der Waals surface area contributed by atoms with Crippen molar-refractivity contribution in [3.63, 3.8) is 0 Å². The lowest BCUT2D eigenvalue weighted by molar-refractivity contribution is 0.443. The van der Waals surface area contributed by atoms with Crippen molar-refractivity contribution in [2.45, 2.75) is 53.0 Å². The molecule has 1 aromatic rings. The van der Waals surface area contributed by atoms with Gasteiger partial charge in [-0.05, 0) is 24.8 Å². The van der Waals surface area contributed by atoms with Crippen LogP contribution in [-0.4, -0.2) is 35.9 Å². The number of nitrogens with zero attached hydrogens (tertiary/aromatic N) is 3. The molecule has 21 heavy (non-hydrogen) atoms. The molecule has 0 spiro atoms. The summed E-state index contributed by atoms with van der Waals surface area (Å²) < 4.78 is 1.95. The topological polar surface area (TPSA) is 54.2 Å². The first-order valence-corrected chi connectivity index (χ1v) is 8.13. The Morgan fingerprint density at radius 3 is 2.76 bits per heavy atom. The summed E-state index contributed by atoms with van der Waals surface area (Å²) >= 11 is 0. The number of hydrogen-bond acceptors (Lipinski definition) is 2.